The number of pyridine rings is 1. The lowest BCUT2D eigenvalue weighted by Crippen LogP contribution is -2.26. The Morgan fingerprint density at radius 1 is 1.07 bits per heavy atom. The molecule has 9 heteroatoms. The van der Waals surface area contributed by atoms with Crippen LogP contribution in [0.4, 0.5) is 5.82 Å². The number of carboxylic acid groups (broad SMARTS) is 1. The molecule has 1 fully saturated rings. The van der Waals surface area contributed by atoms with Crippen LogP contribution in [0.2, 0.25) is 0 Å². The summed E-state index contributed by atoms with van der Waals surface area (Å²) in [6, 6.07) is 21.9. The van der Waals surface area contributed by atoms with Crippen LogP contribution in [0.1, 0.15) is 23.7 Å². The molecule has 3 aromatic carbocycles. The first-order valence-corrected chi connectivity index (χ1v) is 13.8. The highest BCUT2D eigenvalue weighted by Crippen LogP contribution is 2.35. The monoisotopic (exact) mass is 551 g/mol. The number of hydrogen-bond donors (Lipinski definition) is 2. The maximum absolute atomic E-state index is 11.5. The Balaban J connectivity index is 1.41. The molecule has 0 saturated carbocycles. The zero-order chi connectivity index (χ0) is 28.3. The Kier molecular flexibility index (Phi) is 7.54. The summed E-state index contributed by atoms with van der Waals surface area (Å²) in [7, 11) is 1.73. The van der Waals surface area contributed by atoms with Crippen molar-refractivity contribution in [3.05, 3.63) is 84.2 Å². The largest absolute Gasteiger partial charge is 0.487 e. The minimum Gasteiger partial charge on any atom is -0.487 e. The maximum Gasteiger partial charge on any atom is 0.307 e. The molecule has 1 saturated heterocycles. The van der Waals surface area contributed by atoms with Crippen LogP contribution in [0.3, 0.4) is 0 Å². The molecule has 3 heterocycles. The van der Waals surface area contributed by atoms with E-state index in [4.69, 9.17) is 20.3 Å². The summed E-state index contributed by atoms with van der Waals surface area (Å²) < 4.78 is 13.7. The predicted molar refractivity (Wildman–Crippen MR) is 159 cm³/mol. The quantitative estimate of drug-likeness (QED) is 0.251. The fourth-order valence-corrected chi connectivity index (χ4v) is 5.78. The molecule has 41 heavy (non-hydrogen) atoms. The molecule has 1 aliphatic rings. The van der Waals surface area contributed by atoms with Gasteiger partial charge in [-0.2, -0.15) is 5.10 Å². The molecule has 0 unspecified atom stereocenters. The number of anilines is 1. The number of aromatic nitrogens is 3. The molecule has 1 atom stereocenters. The zero-order valence-electron chi connectivity index (χ0n) is 23.0. The SMILES string of the molecule is COCCN1CC[C@H](n2nc3ccc(-c4cccc5c(N)nccc45)cc3c2COc2ccccc2CC(=O)O)C1. The third-order valence-electron chi connectivity index (χ3n) is 7.83. The third kappa shape index (κ3) is 5.46. The number of fused-ring (bicyclic) bond motifs is 2. The Morgan fingerprint density at radius 3 is 2.80 bits per heavy atom. The number of aliphatic carboxylic acids is 1. The minimum absolute atomic E-state index is 0.101. The van der Waals surface area contributed by atoms with Gasteiger partial charge in [-0.05, 0) is 47.2 Å². The highest BCUT2D eigenvalue weighted by molar-refractivity contribution is 6.02. The van der Waals surface area contributed by atoms with Crippen molar-refractivity contribution in [2.24, 2.45) is 0 Å². The van der Waals surface area contributed by atoms with Crippen LogP contribution in [0.15, 0.2) is 72.9 Å². The number of ether oxygens (including phenoxy) is 2. The number of rotatable bonds is 10. The van der Waals surface area contributed by atoms with E-state index in [0.29, 0.717) is 23.7 Å². The summed E-state index contributed by atoms with van der Waals surface area (Å²) in [5, 5.41) is 17.4. The molecule has 9 nitrogen and oxygen atoms in total. The first-order valence-electron chi connectivity index (χ1n) is 13.8. The molecule has 6 rings (SSSR count). The van der Waals surface area contributed by atoms with Crippen LogP contribution in [-0.2, 0) is 22.6 Å². The smallest absolute Gasteiger partial charge is 0.307 e. The normalized spacial score (nSPS) is 15.6. The van der Waals surface area contributed by atoms with Crippen LogP contribution >= 0.6 is 0 Å². The number of likely N-dealkylation sites (tertiary alicyclic amines) is 1. The standard InChI is InChI=1S/C32H33N5O4/c1-40-16-15-36-14-12-23(19-36)37-29(20-41-30-8-3-2-5-22(30)18-31(38)39)27-17-21(9-10-28(27)35-37)24-6-4-7-26-25(24)11-13-34-32(26)33/h2-11,13,17,23H,12,14-16,18-20H2,1H3,(H2,33,34)(H,38,39)/t23-/m0/s1. The number of para-hydroxylation sites is 1. The van der Waals surface area contributed by atoms with Gasteiger partial charge in [0.1, 0.15) is 18.2 Å². The molecule has 0 amide bonds. The molecule has 0 aliphatic carbocycles. The van der Waals surface area contributed by atoms with Gasteiger partial charge in [0.15, 0.2) is 0 Å². The van der Waals surface area contributed by atoms with E-state index in [0.717, 1.165) is 64.6 Å². The molecule has 3 N–H and O–H groups in total. The fraction of sp³-hybridized carbons (Fsp3) is 0.281. The minimum atomic E-state index is -0.894. The van der Waals surface area contributed by atoms with E-state index >= 15 is 0 Å². The molecule has 2 aromatic heterocycles. The van der Waals surface area contributed by atoms with Gasteiger partial charge in [-0.1, -0.05) is 42.5 Å². The van der Waals surface area contributed by atoms with Crippen molar-refractivity contribution in [3.8, 4) is 16.9 Å². The van der Waals surface area contributed by atoms with Gasteiger partial charge in [0.2, 0.25) is 0 Å². The number of nitrogens with two attached hydrogens (primary N) is 1. The molecular formula is C32H33N5O4. The van der Waals surface area contributed by atoms with E-state index in [2.05, 4.69) is 38.8 Å². The van der Waals surface area contributed by atoms with E-state index in [1.54, 1.807) is 19.4 Å². The molecule has 210 valence electrons. The van der Waals surface area contributed by atoms with E-state index in [1.807, 2.05) is 36.4 Å². The number of carboxylic acids is 1. The summed E-state index contributed by atoms with van der Waals surface area (Å²) >= 11 is 0. The lowest BCUT2D eigenvalue weighted by molar-refractivity contribution is -0.136. The van der Waals surface area contributed by atoms with Gasteiger partial charge >= 0.3 is 5.97 Å². The van der Waals surface area contributed by atoms with Gasteiger partial charge in [0, 0.05) is 49.3 Å². The van der Waals surface area contributed by atoms with E-state index < -0.39 is 5.97 Å². The van der Waals surface area contributed by atoms with Crippen LogP contribution < -0.4 is 10.5 Å². The predicted octanol–water partition coefficient (Wildman–Crippen LogP) is 4.93. The molecule has 0 bridgehead atoms. The highest BCUT2D eigenvalue weighted by atomic mass is 16.5. The molecule has 0 radical (unpaired) electrons. The highest BCUT2D eigenvalue weighted by Gasteiger charge is 2.27. The first-order chi connectivity index (χ1) is 20.0. The van der Waals surface area contributed by atoms with Crippen LogP contribution in [0, 0.1) is 0 Å². The van der Waals surface area contributed by atoms with Gasteiger partial charge in [-0.3, -0.25) is 14.4 Å². The Labute approximate surface area is 238 Å². The molecular weight excluding hydrogens is 518 g/mol. The van der Waals surface area contributed by atoms with Crippen LogP contribution in [0.5, 0.6) is 5.75 Å². The van der Waals surface area contributed by atoms with E-state index in [1.165, 1.54) is 0 Å². The average Bonchev–Trinajstić information content (AvgIpc) is 3.59. The lowest BCUT2D eigenvalue weighted by atomic mass is 9.97. The summed E-state index contributed by atoms with van der Waals surface area (Å²) in [4.78, 5) is 18.1. The zero-order valence-corrected chi connectivity index (χ0v) is 23.0. The van der Waals surface area contributed by atoms with Gasteiger partial charge in [-0.25, -0.2) is 4.98 Å². The van der Waals surface area contributed by atoms with Crippen molar-refractivity contribution in [1.29, 1.82) is 0 Å². The second-order valence-electron chi connectivity index (χ2n) is 10.4. The van der Waals surface area contributed by atoms with Crippen molar-refractivity contribution in [1.82, 2.24) is 19.7 Å². The van der Waals surface area contributed by atoms with Gasteiger partial charge in [0.25, 0.3) is 0 Å². The fourth-order valence-electron chi connectivity index (χ4n) is 5.78. The second-order valence-corrected chi connectivity index (χ2v) is 10.4. The Hall–Kier alpha value is -4.47. The second kappa shape index (κ2) is 11.6. The van der Waals surface area contributed by atoms with Crippen molar-refractivity contribution in [2.75, 3.05) is 39.1 Å². The van der Waals surface area contributed by atoms with Crippen molar-refractivity contribution >= 4 is 33.5 Å². The van der Waals surface area contributed by atoms with Gasteiger partial charge in [0.05, 0.1) is 30.3 Å². The summed E-state index contributed by atoms with van der Waals surface area (Å²) in [5.74, 6) is 0.179. The maximum atomic E-state index is 11.5. The summed E-state index contributed by atoms with van der Waals surface area (Å²) in [5.41, 5.74) is 10.8. The first kappa shape index (κ1) is 26.7. The van der Waals surface area contributed by atoms with Crippen LogP contribution in [-0.4, -0.2) is 64.1 Å². The van der Waals surface area contributed by atoms with Crippen molar-refractivity contribution in [3.63, 3.8) is 0 Å². The van der Waals surface area contributed by atoms with Crippen LogP contribution in [0.25, 0.3) is 32.8 Å². The molecule has 1 aliphatic heterocycles. The number of benzene rings is 3. The molecule has 5 aromatic rings. The molecule has 0 spiro atoms. The Bertz CT molecular complexity index is 1720. The Morgan fingerprint density at radius 2 is 1.95 bits per heavy atom. The van der Waals surface area contributed by atoms with Gasteiger partial charge < -0.3 is 20.3 Å². The lowest BCUT2D eigenvalue weighted by Gasteiger charge is -2.18. The summed E-state index contributed by atoms with van der Waals surface area (Å²) in [6.07, 6.45) is 2.61. The van der Waals surface area contributed by atoms with Crippen molar-refractivity contribution in [2.45, 2.75) is 25.5 Å². The topological polar surface area (TPSA) is 116 Å². The van der Waals surface area contributed by atoms with Crippen molar-refractivity contribution < 1.29 is 19.4 Å². The van der Waals surface area contributed by atoms with E-state index in [9.17, 15) is 9.90 Å². The number of methoxy groups -OCH3 is 1. The number of hydrogen-bond acceptors (Lipinski definition) is 7. The number of nitrogens with zero attached hydrogens (tertiary/aromatic N) is 4. The average molecular weight is 552 g/mol. The summed E-state index contributed by atoms with van der Waals surface area (Å²) in [6.45, 7) is 3.69. The van der Waals surface area contributed by atoms with Gasteiger partial charge in [-0.15, -0.1) is 0 Å². The third-order valence-corrected chi connectivity index (χ3v) is 7.83. The van der Waals surface area contributed by atoms with E-state index in [-0.39, 0.29) is 19.1 Å². The number of carbonyl (C=O) groups is 1. The number of nitrogen functional groups attached to an aromatic ring is 1.